The molecule has 148 valence electrons. The highest BCUT2D eigenvalue weighted by Gasteiger charge is 2.49. The molecule has 4 rings (SSSR count). The van der Waals surface area contributed by atoms with Crippen molar-refractivity contribution in [1.29, 1.82) is 0 Å². The van der Waals surface area contributed by atoms with Crippen molar-refractivity contribution >= 4 is 5.91 Å². The molecule has 1 aliphatic carbocycles. The number of hydrogen-bond acceptors (Lipinski definition) is 3. The third-order valence-corrected chi connectivity index (χ3v) is 7.46. The van der Waals surface area contributed by atoms with Crippen LogP contribution in [0.2, 0.25) is 0 Å². The van der Waals surface area contributed by atoms with Crippen LogP contribution in [0.25, 0.3) is 0 Å². The number of likely N-dealkylation sites (tertiary alicyclic amines) is 2. The molecule has 1 N–H and O–H groups in total. The first-order valence-corrected chi connectivity index (χ1v) is 10.9. The summed E-state index contributed by atoms with van der Waals surface area (Å²) in [6, 6.07) is 11.2. The maximum Gasteiger partial charge on any atom is 0.222 e. The number of carbonyl (C=O) groups is 1. The molecule has 1 aromatic carbocycles. The summed E-state index contributed by atoms with van der Waals surface area (Å²) in [7, 11) is 0. The molecule has 3 fully saturated rings. The molecule has 1 aromatic rings. The molecule has 1 unspecified atom stereocenters. The zero-order chi connectivity index (χ0) is 18.7. The van der Waals surface area contributed by atoms with Crippen LogP contribution in [0.3, 0.4) is 0 Å². The summed E-state index contributed by atoms with van der Waals surface area (Å²) < 4.78 is 0. The Labute approximate surface area is 163 Å². The number of piperidine rings is 1. The molecule has 3 aliphatic rings. The van der Waals surface area contributed by atoms with E-state index in [1.54, 1.807) is 0 Å². The van der Waals surface area contributed by atoms with Crippen LogP contribution in [-0.2, 0) is 11.2 Å². The third-order valence-electron chi connectivity index (χ3n) is 7.46. The van der Waals surface area contributed by atoms with Crippen LogP contribution in [-0.4, -0.2) is 59.6 Å². The number of nitrogens with zero attached hydrogens (tertiary/aromatic N) is 2. The Balaban J connectivity index is 1.25. The number of rotatable bonds is 6. The average Bonchev–Trinajstić information content (AvgIpc) is 2.99. The van der Waals surface area contributed by atoms with Crippen LogP contribution in [0.4, 0.5) is 0 Å². The number of aliphatic hydroxyl groups is 1. The summed E-state index contributed by atoms with van der Waals surface area (Å²) in [5.41, 5.74) is 1.56. The highest BCUT2D eigenvalue weighted by atomic mass is 16.3. The fraction of sp³-hybridized carbons (Fsp3) is 0.696. The van der Waals surface area contributed by atoms with Gasteiger partial charge in [0.05, 0.1) is 0 Å². The first kappa shape index (κ1) is 18.9. The molecule has 2 heterocycles. The Morgan fingerprint density at radius 2 is 1.89 bits per heavy atom. The van der Waals surface area contributed by atoms with Gasteiger partial charge in [0.25, 0.3) is 0 Å². The minimum absolute atomic E-state index is 0.241. The summed E-state index contributed by atoms with van der Waals surface area (Å²) in [6.07, 6.45) is 8.72. The Bertz CT molecular complexity index is 621. The van der Waals surface area contributed by atoms with Crippen LogP contribution in [0.5, 0.6) is 0 Å². The van der Waals surface area contributed by atoms with Gasteiger partial charge in [-0.25, -0.2) is 0 Å². The van der Waals surface area contributed by atoms with E-state index in [4.69, 9.17) is 0 Å². The second-order valence-electron chi connectivity index (χ2n) is 8.98. The normalized spacial score (nSPS) is 25.7. The summed E-state index contributed by atoms with van der Waals surface area (Å²) in [5.74, 6) is 0.712. The molecule has 27 heavy (non-hydrogen) atoms. The first-order chi connectivity index (χ1) is 13.2. The quantitative estimate of drug-likeness (QED) is 0.837. The van der Waals surface area contributed by atoms with Crippen molar-refractivity contribution in [3.05, 3.63) is 35.9 Å². The topological polar surface area (TPSA) is 43.8 Å². The Morgan fingerprint density at radius 1 is 1.15 bits per heavy atom. The summed E-state index contributed by atoms with van der Waals surface area (Å²) >= 11 is 0. The van der Waals surface area contributed by atoms with Gasteiger partial charge in [0.15, 0.2) is 0 Å². The van der Waals surface area contributed by atoms with E-state index in [2.05, 4.69) is 34.1 Å². The fourth-order valence-corrected chi connectivity index (χ4v) is 5.37. The zero-order valence-electron chi connectivity index (χ0n) is 16.5. The molecule has 2 aliphatic heterocycles. The van der Waals surface area contributed by atoms with Gasteiger partial charge in [0.2, 0.25) is 5.91 Å². The molecule has 0 bridgehead atoms. The summed E-state index contributed by atoms with van der Waals surface area (Å²) in [5, 5.41) is 9.97. The largest absolute Gasteiger partial charge is 0.396 e. The number of aryl methyl sites for hydroxylation is 1. The van der Waals surface area contributed by atoms with Gasteiger partial charge < -0.3 is 10.0 Å². The van der Waals surface area contributed by atoms with Crippen molar-refractivity contribution in [2.24, 2.45) is 11.3 Å². The minimum atomic E-state index is 0.241. The third kappa shape index (κ3) is 4.07. The Hall–Kier alpha value is -1.39. The standard InChI is InChI=1S/C23H34N2O2/c26-17-20-16-25(21-9-5-10-21)18-23(20)12-14-24(15-13-23)22(27)11-4-8-19-6-2-1-3-7-19/h1-3,6-7,20-21,26H,4-5,8-18H2. The van der Waals surface area contributed by atoms with E-state index in [-0.39, 0.29) is 5.41 Å². The van der Waals surface area contributed by atoms with Crippen molar-refractivity contribution in [2.45, 2.75) is 57.4 Å². The second kappa shape index (κ2) is 8.32. The van der Waals surface area contributed by atoms with Crippen molar-refractivity contribution < 1.29 is 9.90 Å². The van der Waals surface area contributed by atoms with Gasteiger partial charge in [-0.1, -0.05) is 36.8 Å². The van der Waals surface area contributed by atoms with E-state index < -0.39 is 0 Å². The zero-order valence-corrected chi connectivity index (χ0v) is 16.5. The molecule has 0 radical (unpaired) electrons. The van der Waals surface area contributed by atoms with Gasteiger partial charge in [0.1, 0.15) is 0 Å². The number of benzene rings is 1. The second-order valence-corrected chi connectivity index (χ2v) is 8.98. The lowest BCUT2D eigenvalue weighted by molar-refractivity contribution is -0.134. The number of amides is 1. The summed E-state index contributed by atoms with van der Waals surface area (Å²) in [6.45, 7) is 4.25. The van der Waals surface area contributed by atoms with E-state index >= 15 is 0 Å². The van der Waals surface area contributed by atoms with E-state index in [9.17, 15) is 9.90 Å². The predicted octanol–water partition coefficient (Wildman–Crippen LogP) is 3.09. The van der Waals surface area contributed by atoms with E-state index in [0.29, 0.717) is 24.9 Å². The lowest BCUT2D eigenvalue weighted by Crippen LogP contribution is -2.47. The lowest BCUT2D eigenvalue weighted by atomic mass is 9.71. The number of carbonyl (C=O) groups excluding carboxylic acids is 1. The smallest absolute Gasteiger partial charge is 0.222 e. The highest BCUT2D eigenvalue weighted by molar-refractivity contribution is 5.76. The van der Waals surface area contributed by atoms with Crippen molar-refractivity contribution in [1.82, 2.24) is 9.80 Å². The van der Waals surface area contributed by atoms with Gasteiger partial charge in [0, 0.05) is 51.2 Å². The predicted molar refractivity (Wildman–Crippen MR) is 107 cm³/mol. The van der Waals surface area contributed by atoms with E-state index in [1.165, 1.54) is 24.8 Å². The molecule has 1 saturated carbocycles. The molecule has 1 atom stereocenters. The molecule has 2 saturated heterocycles. The van der Waals surface area contributed by atoms with Crippen molar-refractivity contribution in [3.8, 4) is 0 Å². The van der Waals surface area contributed by atoms with Gasteiger partial charge in [-0.15, -0.1) is 0 Å². The molecule has 1 spiro atoms. The summed E-state index contributed by atoms with van der Waals surface area (Å²) in [4.78, 5) is 17.4. The first-order valence-electron chi connectivity index (χ1n) is 10.9. The molecule has 1 amide bonds. The van der Waals surface area contributed by atoms with Crippen LogP contribution in [0.1, 0.15) is 50.5 Å². The van der Waals surface area contributed by atoms with Crippen LogP contribution in [0, 0.1) is 11.3 Å². The maximum absolute atomic E-state index is 12.6. The van der Waals surface area contributed by atoms with Crippen molar-refractivity contribution in [2.75, 3.05) is 32.8 Å². The molecular formula is C23H34N2O2. The van der Waals surface area contributed by atoms with E-state index in [0.717, 1.165) is 57.9 Å². The van der Waals surface area contributed by atoms with Gasteiger partial charge >= 0.3 is 0 Å². The van der Waals surface area contributed by atoms with Gasteiger partial charge in [-0.3, -0.25) is 9.69 Å². The van der Waals surface area contributed by atoms with Crippen LogP contribution >= 0.6 is 0 Å². The maximum atomic E-state index is 12.6. The fourth-order valence-electron chi connectivity index (χ4n) is 5.37. The molecule has 4 heteroatoms. The number of aliphatic hydroxyl groups excluding tert-OH is 1. The van der Waals surface area contributed by atoms with Gasteiger partial charge in [-0.05, 0) is 49.5 Å². The molecule has 0 aromatic heterocycles. The average molecular weight is 371 g/mol. The molecule has 4 nitrogen and oxygen atoms in total. The SMILES string of the molecule is O=C(CCCc1ccccc1)N1CCC2(CC1)CN(C1CCC1)CC2CO. The van der Waals surface area contributed by atoms with Crippen molar-refractivity contribution in [3.63, 3.8) is 0 Å². The molecular weight excluding hydrogens is 336 g/mol. The van der Waals surface area contributed by atoms with E-state index in [1.807, 2.05) is 6.07 Å². The minimum Gasteiger partial charge on any atom is -0.396 e. The lowest BCUT2D eigenvalue weighted by Gasteiger charge is -2.43. The van der Waals surface area contributed by atoms with Crippen LogP contribution < -0.4 is 0 Å². The highest BCUT2D eigenvalue weighted by Crippen LogP contribution is 2.46. The van der Waals surface area contributed by atoms with Gasteiger partial charge in [-0.2, -0.15) is 0 Å². The Kier molecular flexibility index (Phi) is 5.84. The Morgan fingerprint density at radius 3 is 2.52 bits per heavy atom. The monoisotopic (exact) mass is 370 g/mol. The number of hydrogen-bond donors (Lipinski definition) is 1. The van der Waals surface area contributed by atoms with Crippen LogP contribution in [0.15, 0.2) is 30.3 Å².